The highest BCUT2D eigenvalue weighted by Gasteiger charge is 2.22. The van der Waals surface area contributed by atoms with E-state index in [0.29, 0.717) is 5.92 Å². The van der Waals surface area contributed by atoms with Crippen LogP contribution in [0.3, 0.4) is 0 Å². The zero-order valence-electron chi connectivity index (χ0n) is 8.86. The number of amides is 2. The minimum atomic E-state index is -0.0156. The highest BCUT2D eigenvalue weighted by molar-refractivity contribution is 5.74. The van der Waals surface area contributed by atoms with Crippen molar-refractivity contribution in [3.63, 3.8) is 0 Å². The largest absolute Gasteiger partial charge is 0.324 e. The van der Waals surface area contributed by atoms with E-state index in [1.807, 2.05) is 11.0 Å². The molecule has 0 aromatic carbocycles. The first kappa shape index (κ1) is 10.8. The van der Waals surface area contributed by atoms with E-state index in [-0.39, 0.29) is 12.6 Å². The van der Waals surface area contributed by atoms with E-state index in [0.717, 1.165) is 19.5 Å². The van der Waals surface area contributed by atoms with Crippen LogP contribution < -0.4 is 0 Å². The maximum atomic E-state index is 11.7. The third-order valence-corrected chi connectivity index (χ3v) is 2.56. The molecule has 1 aliphatic rings. The molecular weight excluding hydrogens is 178 g/mol. The van der Waals surface area contributed by atoms with E-state index in [1.165, 1.54) is 11.3 Å². The summed E-state index contributed by atoms with van der Waals surface area (Å²) in [6.07, 6.45) is 2.28. The Morgan fingerprint density at radius 1 is 1.71 bits per heavy atom. The normalized spacial score (nSPS) is 21.5. The van der Waals surface area contributed by atoms with E-state index in [2.05, 4.69) is 6.92 Å². The Labute approximate surface area is 85.1 Å². The predicted molar refractivity (Wildman–Crippen MR) is 53.6 cm³/mol. The number of hydrogen-bond acceptors (Lipinski definition) is 2. The third kappa shape index (κ3) is 2.63. The number of nitriles is 1. The second kappa shape index (κ2) is 4.85. The number of carbonyl (C=O) groups is 1. The van der Waals surface area contributed by atoms with Crippen molar-refractivity contribution in [1.82, 2.24) is 9.80 Å². The van der Waals surface area contributed by atoms with Crippen molar-refractivity contribution in [3.05, 3.63) is 0 Å². The number of hydrogen-bond donors (Lipinski definition) is 0. The van der Waals surface area contributed by atoms with Crippen LogP contribution in [0.25, 0.3) is 0 Å². The average Bonchev–Trinajstić information content (AvgIpc) is 2.17. The Morgan fingerprint density at radius 3 is 3.00 bits per heavy atom. The molecule has 0 aromatic rings. The summed E-state index contributed by atoms with van der Waals surface area (Å²) in [6, 6.07) is 1.96. The lowest BCUT2D eigenvalue weighted by molar-refractivity contribution is 0.143. The van der Waals surface area contributed by atoms with Gasteiger partial charge in [0.1, 0.15) is 6.54 Å². The molecule has 0 saturated carbocycles. The van der Waals surface area contributed by atoms with Crippen molar-refractivity contribution in [2.45, 2.75) is 19.8 Å². The van der Waals surface area contributed by atoms with Crippen molar-refractivity contribution in [1.29, 1.82) is 5.26 Å². The Bertz CT molecular complexity index is 246. The molecule has 1 heterocycles. The molecule has 0 N–H and O–H groups in total. The number of nitrogens with zero attached hydrogens (tertiary/aromatic N) is 3. The fourth-order valence-corrected chi connectivity index (χ4v) is 1.78. The van der Waals surface area contributed by atoms with Crippen LogP contribution in [-0.4, -0.2) is 42.5 Å². The fourth-order valence-electron chi connectivity index (χ4n) is 1.78. The number of likely N-dealkylation sites (tertiary alicyclic amines) is 1. The number of rotatable bonds is 1. The quantitative estimate of drug-likeness (QED) is 0.592. The molecule has 0 aliphatic carbocycles. The highest BCUT2D eigenvalue weighted by atomic mass is 16.2. The molecule has 0 radical (unpaired) electrons. The number of piperidine rings is 1. The monoisotopic (exact) mass is 195 g/mol. The molecule has 4 nitrogen and oxygen atoms in total. The van der Waals surface area contributed by atoms with Crippen LogP contribution in [0.15, 0.2) is 0 Å². The van der Waals surface area contributed by atoms with Gasteiger partial charge in [0.15, 0.2) is 0 Å². The lowest BCUT2D eigenvalue weighted by Crippen LogP contribution is -2.45. The van der Waals surface area contributed by atoms with Crippen molar-refractivity contribution in [2.24, 2.45) is 5.92 Å². The summed E-state index contributed by atoms with van der Waals surface area (Å²) in [4.78, 5) is 15.0. The molecule has 0 aromatic heterocycles. The first-order valence-corrected chi connectivity index (χ1v) is 5.02. The molecule has 2 amide bonds. The molecule has 1 rings (SSSR count). The highest BCUT2D eigenvalue weighted by Crippen LogP contribution is 2.16. The van der Waals surface area contributed by atoms with Gasteiger partial charge in [0.2, 0.25) is 0 Å². The maximum absolute atomic E-state index is 11.7. The molecule has 1 aliphatic heterocycles. The maximum Gasteiger partial charge on any atom is 0.320 e. The lowest BCUT2D eigenvalue weighted by atomic mass is 10.0. The summed E-state index contributed by atoms with van der Waals surface area (Å²) < 4.78 is 0. The Hall–Kier alpha value is -1.24. The molecule has 1 fully saturated rings. The van der Waals surface area contributed by atoms with E-state index in [4.69, 9.17) is 5.26 Å². The second-order valence-corrected chi connectivity index (χ2v) is 3.99. The van der Waals surface area contributed by atoms with Gasteiger partial charge in [0, 0.05) is 20.1 Å². The third-order valence-electron chi connectivity index (χ3n) is 2.56. The van der Waals surface area contributed by atoms with Crippen LogP contribution in [0.1, 0.15) is 19.8 Å². The van der Waals surface area contributed by atoms with Gasteiger partial charge >= 0.3 is 6.03 Å². The zero-order valence-corrected chi connectivity index (χ0v) is 8.86. The molecule has 0 spiro atoms. The molecule has 78 valence electrons. The molecule has 1 atom stereocenters. The van der Waals surface area contributed by atoms with Gasteiger partial charge in [0.25, 0.3) is 0 Å². The molecule has 14 heavy (non-hydrogen) atoms. The van der Waals surface area contributed by atoms with Crippen molar-refractivity contribution in [2.75, 3.05) is 26.7 Å². The van der Waals surface area contributed by atoms with Crippen LogP contribution in [-0.2, 0) is 0 Å². The van der Waals surface area contributed by atoms with Crippen molar-refractivity contribution < 1.29 is 4.79 Å². The van der Waals surface area contributed by atoms with Crippen LogP contribution >= 0.6 is 0 Å². The van der Waals surface area contributed by atoms with Gasteiger partial charge in [-0.2, -0.15) is 5.26 Å². The van der Waals surface area contributed by atoms with Gasteiger partial charge < -0.3 is 9.80 Å². The number of carbonyl (C=O) groups excluding carboxylic acids is 1. The molecule has 0 bridgehead atoms. The van der Waals surface area contributed by atoms with Crippen molar-refractivity contribution in [3.8, 4) is 6.07 Å². The van der Waals surface area contributed by atoms with Gasteiger partial charge in [-0.25, -0.2) is 4.79 Å². The molecule has 4 heteroatoms. The first-order valence-electron chi connectivity index (χ1n) is 5.02. The topological polar surface area (TPSA) is 47.3 Å². The van der Waals surface area contributed by atoms with Crippen LogP contribution in [0.5, 0.6) is 0 Å². The zero-order chi connectivity index (χ0) is 10.6. The summed E-state index contributed by atoms with van der Waals surface area (Å²) in [5.74, 6) is 0.586. The molecule has 1 saturated heterocycles. The smallest absolute Gasteiger partial charge is 0.320 e. The van der Waals surface area contributed by atoms with Gasteiger partial charge in [-0.1, -0.05) is 6.92 Å². The molecular formula is C10H17N3O. The molecule has 1 unspecified atom stereocenters. The van der Waals surface area contributed by atoms with E-state index in [1.54, 1.807) is 7.05 Å². The minimum Gasteiger partial charge on any atom is -0.324 e. The summed E-state index contributed by atoms with van der Waals surface area (Å²) >= 11 is 0. The van der Waals surface area contributed by atoms with Gasteiger partial charge in [-0.15, -0.1) is 0 Å². The number of urea groups is 1. The SMILES string of the molecule is CC1CCCN(C(=O)N(C)CC#N)C1. The van der Waals surface area contributed by atoms with Gasteiger partial charge in [0.05, 0.1) is 6.07 Å². The summed E-state index contributed by atoms with van der Waals surface area (Å²) in [5.41, 5.74) is 0. The minimum absolute atomic E-state index is 0.0156. The predicted octanol–water partition coefficient (Wildman–Crippen LogP) is 1.29. The Morgan fingerprint density at radius 2 is 2.43 bits per heavy atom. The second-order valence-electron chi connectivity index (χ2n) is 3.99. The standard InChI is InChI=1S/C10H17N3O/c1-9-4-3-6-13(8-9)10(14)12(2)7-5-11/h9H,3-4,6-8H2,1-2H3. The first-order chi connectivity index (χ1) is 6.65. The fraction of sp³-hybridized carbons (Fsp3) is 0.800. The van der Waals surface area contributed by atoms with E-state index < -0.39 is 0 Å². The van der Waals surface area contributed by atoms with E-state index >= 15 is 0 Å². The van der Waals surface area contributed by atoms with Crippen molar-refractivity contribution >= 4 is 6.03 Å². The average molecular weight is 195 g/mol. The summed E-state index contributed by atoms with van der Waals surface area (Å²) in [6.45, 7) is 3.99. The van der Waals surface area contributed by atoms with Crippen LogP contribution in [0.2, 0.25) is 0 Å². The van der Waals surface area contributed by atoms with E-state index in [9.17, 15) is 4.79 Å². The lowest BCUT2D eigenvalue weighted by Gasteiger charge is -2.33. The summed E-state index contributed by atoms with van der Waals surface area (Å²) in [5, 5.41) is 8.47. The Kier molecular flexibility index (Phi) is 3.75. The summed E-state index contributed by atoms with van der Waals surface area (Å²) in [7, 11) is 1.67. The van der Waals surface area contributed by atoms with Crippen LogP contribution in [0.4, 0.5) is 4.79 Å². The Balaban J connectivity index is 2.47. The van der Waals surface area contributed by atoms with Gasteiger partial charge in [-0.3, -0.25) is 0 Å². The van der Waals surface area contributed by atoms with Gasteiger partial charge in [-0.05, 0) is 18.8 Å². The van der Waals surface area contributed by atoms with Crippen LogP contribution in [0, 0.1) is 17.2 Å².